The van der Waals surface area contributed by atoms with Crippen molar-refractivity contribution < 1.29 is 14.3 Å². The molecule has 3 rings (SSSR count). The van der Waals surface area contributed by atoms with Crippen molar-refractivity contribution in [3.05, 3.63) is 59.0 Å². The number of hydrogen-bond acceptors (Lipinski definition) is 6. The third-order valence-electron chi connectivity index (χ3n) is 4.50. The minimum atomic E-state index is -1.15. The fourth-order valence-electron chi connectivity index (χ4n) is 2.81. The quantitative estimate of drug-likeness (QED) is 0.374. The van der Waals surface area contributed by atoms with Crippen molar-refractivity contribution in [1.29, 1.82) is 0 Å². The fourth-order valence-corrected chi connectivity index (χ4v) is 3.63. The molecule has 0 aliphatic heterocycles. The van der Waals surface area contributed by atoms with Crippen molar-refractivity contribution in [1.82, 2.24) is 15.6 Å². The topological polar surface area (TPSA) is 91.9 Å². The van der Waals surface area contributed by atoms with Crippen LogP contribution >= 0.6 is 11.3 Å². The van der Waals surface area contributed by atoms with Crippen LogP contribution in [0.1, 0.15) is 31.1 Å². The largest absolute Gasteiger partial charge is 0.497 e. The average Bonchev–Trinajstić information content (AvgIpc) is 3.40. The van der Waals surface area contributed by atoms with E-state index in [-0.39, 0.29) is 6.54 Å². The number of furan rings is 1. The van der Waals surface area contributed by atoms with Gasteiger partial charge in [-0.15, -0.1) is 11.3 Å². The molecule has 2 heterocycles. The first-order valence-electron chi connectivity index (χ1n) is 9.81. The number of methoxy groups -OCH3 is 1. The highest BCUT2D eigenvalue weighted by molar-refractivity contribution is 7.13. The van der Waals surface area contributed by atoms with Gasteiger partial charge in [0, 0.05) is 17.5 Å². The lowest BCUT2D eigenvalue weighted by Crippen LogP contribution is -2.44. The number of nitrogens with one attached hydrogen (secondary N) is 2. The minimum absolute atomic E-state index is 0.264. The fraction of sp³-hybridized carbons (Fsp3) is 0.364. The SMILES string of the molecule is CCNC(=NCc1csc(-c2ccc(OC)cc2)n1)NCC(C)(O)c1ccc(C)o1. The number of aliphatic imine (C=N–C) groups is 1. The Kier molecular flexibility index (Phi) is 7.12. The average molecular weight is 429 g/mol. The molecule has 8 heteroatoms. The van der Waals surface area contributed by atoms with Crippen molar-refractivity contribution in [2.45, 2.75) is 32.9 Å². The van der Waals surface area contributed by atoms with Crippen LogP contribution in [0.5, 0.6) is 5.75 Å². The van der Waals surface area contributed by atoms with Gasteiger partial charge in [-0.2, -0.15) is 0 Å². The molecule has 0 amide bonds. The molecule has 0 aliphatic rings. The van der Waals surface area contributed by atoms with E-state index in [1.165, 1.54) is 0 Å². The molecule has 1 unspecified atom stereocenters. The number of benzene rings is 1. The molecule has 0 fully saturated rings. The zero-order valence-corrected chi connectivity index (χ0v) is 18.5. The van der Waals surface area contributed by atoms with Gasteiger partial charge in [-0.05, 0) is 57.2 Å². The highest BCUT2D eigenvalue weighted by Crippen LogP contribution is 2.26. The van der Waals surface area contributed by atoms with E-state index in [0.717, 1.165) is 27.8 Å². The first-order valence-corrected chi connectivity index (χ1v) is 10.7. The van der Waals surface area contributed by atoms with Crippen LogP contribution in [0.15, 0.2) is 51.2 Å². The van der Waals surface area contributed by atoms with Crippen LogP contribution in [0.3, 0.4) is 0 Å². The van der Waals surface area contributed by atoms with Crippen LogP contribution in [0.2, 0.25) is 0 Å². The van der Waals surface area contributed by atoms with Crippen molar-refractivity contribution >= 4 is 17.3 Å². The molecule has 0 aliphatic carbocycles. The van der Waals surface area contributed by atoms with E-state index in [1.54, 1.807) is 31.4 Å². The Balaban J connectivity index is 1.63. The number of thiazole rings is 1. The van der Waals surface area contributed by atoms with Crippen LogP contribution in [-0.4, -0.2) is 36.2 Å². The van der Waals surface area contributed by atoms with Crippen LogP contribution in [0.25, 0.3) is 10.6 Å². The molecule has 1 aromatic carbocycles. The second-order valence-electron chi connectivity index (χ2n) is 7.11. The molecule has 7 nitrogen and oxygen atoms in total. The summed E-state index contributed by atoms with van der Waals surface area (Å²) in [7, 11) is 1.65. The van der Waals surface area contributed by atoms with Gasteiger partial charge in [0.25, 0.3) is 0 Å². The summed E-state index contributed by atoms with van der Waals surface area (Å²) in [6.07, 6.45) is 0. The number of aliphatic hydroxyl groups is 1. The third kappa shape index (κ3) is 5.61. The first kappa shape index (κ1) is 21.9. The summed E-state index contributed by atoms with van der Waals surface area (Å²) >= 11 is 1.58. The van der Waals surface area contributed by atoms with Gasteiger partial charge in [0.05, 0.1) is 25.9 Å². The van der Waals surface area contributed by atoms with Gasteiger partial charge in [-0.1, -0.05) is 0 Å². The number of guanidine groups is 1. The summed E-state index contributed by atoms with van der Waals surface area (Å²) in [5, 5.41) is 20.0. The minimum Gasteiger partial charge on any atom is -0.497 e. The molecular weight excluding hydrogens is 400 g/mol. The number of hydrogen-bond donors (Lipinski definition) is 3. The van der Waals surface area contributed by atoms with Crippen LogP contribution in [-0.2, 0) is 12.1 Å². The molecule has 3 aromatic rings. The zero-order valence-electron chi connectivity index (χ0n) is 17.7. The predicted octanol–water partition coefficient (Wildman–Crippen LogP) is 3.68. The molecule has 160 valence electrons. The van der Waals surface area contributed by atoms with Gasteiger partial charge in [-0.3, -0.25) is 0 Å². The van der Waals surface area contributed by atoms with E-state index in [1.807, 2.05) is 49.6 Å². The summed E-state index contributed by atoms with van der Waals surface area (Å²) in [4.78, 5) is 9.27. The Morgan fingerprint density at radius 3 is 2.63 bits per heavy atom. The molecule has 0 radical (unpaired) electrons. The van der Waals surface area contributed by atoms with Crippen molar-refractivity contribution in [3.63, 3.8) is 0 Å². The molecule has 0 bridgehead atoms. The zero-order chi connectivity index (χ0) is 21.6. The normalized spacial score (nSPS) is 13.7. The summed E-state index contributed by atoms with van der Waals surface area (Å²) < 4.78 is 10.8. The lowest BCUT2D eigenvalue weighted by molar-refractivity contribution is 0.0378. The highest BCUT2D eigenvalue weighted by atomic mass is 32.1. The lowest BCUT2D eigenvalue weighted by atomic mass is 10.0. The summed E-state index contributed by atoms with van der Waals surface area (Å²) in [5.41, 5.74) is 0.786. The molecule has 0 saturated heterocycles. The number of aryl methyl sites for hydroxylation is 1. The first-order chi connectivity index (χ1) is 14.4. The van der Waals surface area contributed by atoms with Gasteiger partial charge >= 0.3 is 0 Å². The second kappa shape index (κ2) is 9.77. The van der Waals surface area contributed by atoms with Gasteiger partial charge < -0.3 is 24.9 Å². The van der Waals surface area contributed by atoms with E-state index >= 15 is 0 Å². The molecule has 0 saturated carbocycles. The monoisotopic (exact) mass is 428 g/mol. The van der Waals surface area contributed by atoms with E-state index < -0.39 is 5.60 Å². The standard InChI is InChI=1S/C22H28N4O3S/c1-5-23-21(25-14-22(3,27)19-11-6-15(2)29-19)24-12-17-13-30-20(26-17)16-7-9-18(28-4)10-8-16/h6-11,13,27H,5,12,14H2,1-4H3,(H2,23,24,25). The Labute approximate surface area is 180 Å². The van der Waals surface area contributed by atoms with Crippen molar-refractivity contribution in [2.75, 3.05) is 20.2 Å². The Bertz CT molecular complexity index is 976. The van der Waals surface area contributed by atoms with Crippen LogP contribution in [0, 0.1) is 6.92 Å². The lowest BCUT2D eigenvalue weighted by Gasteiger charge is -2.22. The number of aromatic nitrogens is 1. The summed E-state index contributed by atoms with van der Waals surface area (Å²) in [5.74, 6) is 2.72. The highest BCUT2D eigenvalue weighted by Gasteiger charge is 2.27. The van der Waals surface area contributed by atoms with Crippen molar-refractivity contribution in [2.24, 2.45) is 4.99 Å². The van der Waals surface area contributed by atoms with Gasteiger partial charge in [0.2, 0.25) is 0 Å². The molecule has 2 aromatic heterocycles. The number of nitrogens with zero attached hydrogens (tertiary/aromatic N) is 2. The molecule has 3 N–H and O–H groups in total. The van der Waals surface area contributed by atoms with E-state index in [0.29, 0.717) is 24.8 Å². The molecule has 30 heavy (non-hydrogen) atoms. The Morgan fingerprint density at radius 1 is 1.23 bits per heavy atom. The number of rotatable bonds is 8. The molecular formula is C22H28N4O3S. The predicted molar refractivity (Wildman–Crippen MR) is 120 cm³/mol. The number of ether oxygens (including phenoxy) is 1. The maximum atomic E-state index is 10.7. The van der Waals surface area contributed by atoms with E-state index in [9.17, 15) is 5.11 Å². The van der Waals surface area contributed by atoms with Crippen LogP contribution in [0.4, 0.5) is 0 Å². The maximum Gasteiger partial charge on any atom is 0.191 e. The summed E-state index contributed by atoms with van der Waals surface area (Å²) in [6.45, 7) is 6.97. The van der Waals surface area contributed by atoms with Gasteiger partial charge in [-0.25, -0.2) is 9.98 Å². The van der Waals surface area contributed by atoms with Gasteiger partial charge in [0.1, 0.15) is 27.9 Å². The smallest absolute Gasteiger partial charge is 0.191 e. The second-order valence-corrected chi connectivity index (χ2v) is 7.96. The van der Waals surface area contributed by atoms with E-state index in [2.05, 4.69) is 20.6 Å². The third-order valence-corrected chi connectivity index (χ3v) is 5.44. The maximum absolute atomic E-state index is 10.7. The Hall–Kier alpha value is -2.84. The summed E-state index contributed by atoms with van der Waals surface area (Å²) in [6, 6.07) is 11.5. The van der Waals surface area contributed by atoms with Crippen molar-refractivity contribution in [3.8, 4) is 16.3 Å². The van der Waals surface area contributed by atoms with Gasteiger partial charge in [0.15, 0.2) is 5.96 Å². The molecule has 1 atom stereocenters. The van der Waals surface area contributed by atoms with Crippen LogP contribution < -0.4 is 15.4 Å². The Morgan fingerprint density at radius 2 is 2.00 bits per heavy atom. The molecule has 0 spiro atoms. The van der Waals surface area contributed by atoms with E-state index in [4.69, 9.17) is 9.15 Å².